The van der Waals surface area contributed by atoms with Crippen molar-refractivity contribution in [3.8, 4) is 0 Å². The van der Waals surface area contributed by atoms with Crippen LogP contribution in [0.5, 0.6) is 0 Å². The average Bonchev–Trinajstić information content (AvgIpc) is 2.40. The van der Waals surface area contributed by atoms with E-state index < -0.39 is 5.82 Å². The highest BCUT2D eigenvalue weighted by Crippen LogP contribution is 2.51. The van der Waals surface area contributed by atoms with Gasteiger partial charge in [0.2, 0.25) is 0 Å². The molecule has 0 unspecified atom stereocenters. The van der Waals surface area contributed by atoms with Gasteiger partial charge in [-0.05, 0) is 25.5 Å². The lowest BCUT2D eigenvalue weighted by Gasteiger charge is -2.58. The van der Waals surface area contributed by atoms with Crippen molar-refractivity contribution >= 4 is 11.8 Å². The molecule has 1 aromatic rings. The van der Waals surface area contributed by atoms with E-state index in [-0.39, 0.29) is 23.1 Å². The second kappa shape index (κ2) is 5.01. The number of nitrogens with one attached hydrogen (secondary N) is 2. The van der Waals surface area contributed by atoms with E-state index >= 15 is 0 Å². The zero-order valence-corrected chi connectivity index (χ0v) is 12.2. The normalized spacial score (nSPS) is 27.6. The van der Waals surface area contributed by atoms with E-state index in [1.807, 2.05) is 6.92 Å². The standard InChI is InChI=1S/C14H20FN3O2/c1-13(2)10(7-14(13,3)20-4)17-12(19)18-11-6-5-9(15)8-16-11/h5-6,8,10H,7H2,1-4H3,(H2,16,17,18,19)/t10-,14+/m1/s1. The fourth-order valence-electron chi connectivity index (χ4n) is 2.48. The van der Waals surface area contributed by atoms with Crippen LogP contribution in [0.3, 0.4) is 0 Å². The number of carbonyl (C=O) groups excluding carboxylic acids is 1. The fraction of sp³-hybridized carbons (Fsp3) is 0.571. The van der Waals surface area contributed by atoms with Crippen molar-refractivity contribution in [3.63, 3.8) is 0 Å². The monoisotopic (exact) mass is 281 g/mol. The summed E-state index contributed by atoms with van der Waals surface area (Å²) in [6.45, 7) is 6.15. The highest BCUT2D eigenvalue weighted by atomic mass is 19.1. The van der Waals surface area contributed by atoms with E-state index in [1.165, 1.54) is 12.1 Å². The minimum atomic E-state index is -0.438. The molecule has 6 heteroatoms. The molecular weight excluding hydrogens is 261 g/mol. The van der Waals surface area contributed by atoms with Crippen LogP contribution in [-0.4, -0.2) is 29.8 Å². The van der Waals surface area contributed by atoms with Crippen molar-refractivity contribution in [1.82, 2.24) is 10.3 Å². The van der Waals surface area contributed by atoms with Crippen molar-refractivity contribution in [2.45, 2.75) is 38.8 Å². The number of hydrogen-bond acceptors (Lipinski definition) is 3. The molecule has 1 heterocycles. The minimum absolute atomic E-state index is 0.0212. The molecule has 2 atom stereocenters. The molecule has 0 radical (unpaired) electrons. The first kappa shape index (κ1) is 14.7. The maximum Gasteiger partial charge on any atom is 0.320 e. The van der Waals surface area contributed by atoms with Crippen molar-refractivity contribution in [3.05, 3.63) is 24.1 Å². The maximum absolute atomic E-state index is 12.7. The Balaban J connectivity index is 1.92. The second-order valence-corrected chi connectivity index (χ2v) is 5.87. The van der Waals surface area contributed by atoms with Crippen LogP contribution < -0.4 is 10.6 Å². The predicted molar refractivity (Wildman–Crippen MR) is 73.9 cm³/mol. The smallest absolute Gasteiger partial charge is 0.320 e. The summed E-state index contributed by atoms with van der Waals surface area (Å²) in [4.78, 5) is 15.7. The maximum atomic E-state index is 12.7. The molecule has 0 saturated heterocycles. The van der Waals surface area contributed by atoms with Gasteiger partial charge in [0.15, 0.2) is 0 Å². The summed E-state index contributed by atoms with van der Waals surface area (Å²) in [6, 6.07) is 2.34. The number of rotatable bonds is 3. The van der Waals surface area contributed by atoms with Gasteiger partial charge in [-0.2, -0.15) is 0 Å². The molecule has 20 heavy (non-hydrogen) atoms. The number of carbonyl (C=O) groups is 1. The SMILES string of the molecule is CO[C@@]1(C)C[C@@H](NC(=O)Nc2ccc(F)cn2)C1(C)C. The van der Waals surface area contributed by atoms with Gasteiger partial charge in [-0.15, -0.1) is 0 Å². The van der Waals surface area contributed by atoms with Crippen LogP contribution in [0.15, 0.2) is 18.3 Å². The van der Waals surface area contributed by atoms with Crippen molar-refractivity contribution < 1.29 is 13.9 Å². The van der Waals surface area contributed by atoms with E-state index in [4.69, 9.17) is 4.74 Å². The quantitative estimate of drug-likeness (QED) is 0.895. The van der Waals surface area contributed by atoms with E-state index in [1.54, 1.807) is 7.11 Å². The summed E-state index contributed by atoms with van der Waals surface area (Å²) < 4.78 is 18.2. The van der Waals surface area contributed by atoms with E-state index in [9.17, 15) is 9.18 Å². The van der Waals surface area contributed by atoms with Crippen LogP contribution in [0.2, 0.25) is 0 Å². The third kappa shape index (κ3) is 2.47. The molecule has 0 bridgehead atoms. The van der Waals surface area contributed by atoms with Gasteiger partial charge in [0, 0.05) is 18.6 Å². The Labute approximate surface area is 117 Å². The highest BCUT2D eigenvalue weighted by molar-refractivity contribution is 5.88. The Morgan fingerprint density at radius 3 is 2.65 bits per heavy atom. The fourth-order valence-corrected chi connectivity index (χ4v) is 2.48. The van der Waals surface area contributed by atoms with Gasteiger partial charge in [-0.1, -0.05) is 13.8 Å². The van der Waals surface area contributed by atoms with E-state index in [0.29, 0.717) is 5.82 Å². The van der Waals surface area contributed by atoms with Gasteiger partial charge >= 0.3 is 6.03 Å². The number of urea groups is 1. The molecule has 2 N–H and O–H groups in total. The number of halogens is 1. The number of hydrogen-bond donors (Lipinski definition) is 2. The third-order valence-corrected chi connectivity index (χ3v) is 4.55. The van der Waals surface area contributed by atoms with Gasteiger partial charge < -0.3 is 10.1 Å². The van der Waals surface area contributed by atoms with E-state index in [2.05, 4.69) is 29.5 Å². The van der Waals surface area contributed by atoms with Crippen molar-refractivity contribution in [2.75, 3.05) is 12.4 Å². The van der Waals surface area contributed by atoms with Crippen LogP contribution in [0, 0.1) is 11.2 Å². The molecule has 1 aromatic heterocycles. The molecule has 0 spiro atoms. The number of pyridine rings is 1. The van der Waals surface area contributed by atoms with Gasteiger partial charge in [0.05, 0.1) is 11.8 Å². The van der Waals surface area contributed by atoms with E-state index in [0.717, 1.165) is 12.6 Å². The van der Waals surface area contributed by atoms with Crippen molar-refractivity contribution in [2.24, 2.45) is 5.41 Å². The van der Waals surface area contributed by atoms with Crippen LogP contribution in [0.1, 0.15) is 27.2 Å². The first-order chi connectivity index (χ1) is 9.28. The number of methoxy groups -OCH3 is 1. The lowest BCUT2D eigenvalue weighted by Crippen LogP contribution is -2.68. The Morgan fingerprint density at radius 1 is 1.45 bits per heavy atom. The summed E-state index contributed by atoms with van der Waals surface area (Å²) in [5, 5.41) is 5.48. The summed E-state index contributed by atoms with van der Waals surface area (Å²) in [5.41, 5.74) is -0.394. The minimum Gasteiger partial charge on any atom is -0.378 e. The topological polar surface area (TPSA) is 63.2 Å². The molecule has 2 rings (SSSR count). The van der Waals surface area contributed by atoms with Crippen LogP contribution >= 0.6 is 0 Å². The second-order valence-electron chi connectivity index (χ2n) is 5.87. The third-order valence-electron chi connectivity index (χ3n) is 4.55. The van der Waals surface area contributed by atoms with Crippen molar-refractivity contribution in [1.29, 1.82) is 0 Å². The number of ether oxygens (including phenoxy) is 1. The lowest BCUT2D eigenvalue weighted by molar-refractivity contribution is -0.177. The number of anilines is 1. The summed E-state index contributed by atoms with van der Waals surface area (Å²) in [5.74, 6) is -0.123. The first-order valence-corrected chi connectivity index (χ1v) is 6.53. The molecule has 110 valence electrons. The molecule has 1 aliphatic carbocycles. The number of nitrogens with zero attached hydrogens (tertiary/aromatic N) is 1. The number of amides is 2. The first-order valence-electron chi connectivity index (χ1n) is 6.53. The molecular formula is C14H20FN3O2. The number of aromatic nitrogens is 1. The Hall–Kier alpha value is -1.69. The molecule has 1 saturated carbocycles. The molecule has 0 aliphatic heterocycles. The van der Waals surface area contributed by atoms with Gasteiger partial charge in [-0.3, -0.25) is 5.32 Å². The Bertz CT molecular complexity index is 504. The molecule has 0 aromatic carbocycles. The molecule has 1 fully saturated rings. The van der Waals surface area contributed by atoms with Gasteiger partial charge in [0.25, 0.3) is 0 Å². The summed E-state index contributed by atoms with van der Waals surface area (Å²) in [7, 11) is 1.68. The molecule has 5 nitrogen and oxygen atoms in total. The predicted octanol–water partition coefficient (Wildman–Crippen LogP) is 2.55. The lowest BCUT2D eigenvalue weighted by atomic mass is 9.56. The Morgan fingerprint density at radius 2 is 2.15 bits per heavy atom. The van der Waals surface area contributed by atoms with Crippen LogP contribution in [0.25, 0.3) is 0 Å². The highest BCUT2D eigenvalue weighted by Gasteiger charge is 2.58. The average molecular weight is 281 g/mol. The molecule has 2 amide bonds. The van der Waals surface area contributed by atoms with Gasteiger partial charge in [0.1, 0.15) is 11.6 Å². The van der Waals surface area contributed by atoms with Gasteiger partial charge in [-0.25, -0.2) is 14.2 Å². The zero-order chi connectivity index (χ0) is 15.0. The Kier molecular flexibility index (Phi) is 3.69. The zero-order valence-electron chi connectivity index (χ0n) is 12.2. The summed E-state index contributed by atoms with van der Waals surface area (Å²) >= 11 is 0. The largest absolute Gasteiger partial charge is 0.378 e. The molecule has 1 aliphatic rings. The van der Waals surface area contributed by atoms with Crippen LogP contribution in [-0.2, 0) is 4.74 Å². The van der Waals surface area contributed by atoms with Crippen LogP contribution in [0.4, 0.5) is 15.0 Å². The summed E-state index contributed by atoms with van der Waals surface area (Å²) in [6.07, 6.45) is 1.81.